The molecule has 1 aromatic heterocycles. The molecule has 0 saturated heterocycles. The smallest absolute Gasteiger partial charge is 0.191 e. The molecule has 25 heavy (non-hydrogen) atoms. The Labute approximate surface area is 158 Å². The fourth-order valence-corrected chi connectivity index (χ4v) is 3.80. The van der Waals surface area contributed by atoms with Gasteiger partial charge in [-0.05, 0) is 64.9 Å². The summed E-state index contributed by atoms with van der Waals surface area (Å²) in [5.74, 6) is 0.888. The molecule has 0 aliphatic heterocycles. The van der Waals surface area contributed by atoms with Crippen molar-refractivity contribution in [3.63, 3.8) is 0 Å². The van der Waals surface area contributed by atoms with Gasteiger partial charge in [-0.25, -0.2) is 0 Å². The zero-order valence-electron chi connectivity index (χ0n) is 16.9. The van der Waals surface area contributed by atoms with E-state index in [1.165, 1.54) is 17.8 Å². The standard InChI is InChI=1S/C19H37N5S/c1-7-24(8-2)13-9-11-16(3)22-19(20-4)21-15-17(23(5)6)18-12-10-14-25-18/h10,12,14,16-17H,7-9,11,13,15H2,1-6H3,(H2,20,21,22). The molecule has 6 heteroatoms. The molecule has 0 radical (unpaired) electrons. The van der Waals surface area contributed by atoms with E-state index >= 15 is 0 Å². The number of guanidine groups is 1. The molecule has 1 rings (SSSR count). The van der Waals surface area contributed by atoms with Gasteiger partial charge in [0.05, 0.1) is 6.04 Å². The van der Waals surface area contributed by atoms with Gasteiger partial charge in [0.15, 0.2) is 5.96 Å². The number of hydrogen-bond donors (Lipinski definition) is 2. The molecule has 1 heterocycles. The predicted molar refractivity (Wildman–Crippen MR) is 112 cm³/mol. The average Bonchev–Trinajstić information content (AvgIpc) is 3.11. The van der Waals surface area contributed by atoms with Gasteiger partial charge in [-0.2, -0.15) is 0 Å². The van der Waals surface area contributed by atoms with Crippen LogP contribution in [-0.4, -0.2) is 69.1 Å². The summed E-state index contributed by atoms with van der Waals surface area (Å²) in [4.78, 5) is 10.5. The number of aliphatic imine (C=N–C) groups is 1. The Balaban J connectivity index is 2.40. The van der Waals surface area contributed by atoms with Crippen molar-refractivity contribution in [2.45, 2.75) is 45.7 Å². The Morgan fingerprint density at radius 1 is 1.28 bits per heavy atom. The molecule has 144 valence electrons. The first-order valence-corrected chi connectivity index (χ1v) is 10.3. The lowest BCUT2D eigenvalue weighted by molar-refractivity contribution is 0.292. The van der Waals surface area contributed by atoms with Crippen molar-refractivity contribution in [3.8, 4) is 0 Å². The molecule has 0 aromatic carbocycles. The van der Waals surface area contributed by atoms with E-state index in [1.807, 2.05) is 7.05 Å². The topological polar surface area (TPSA) is 42.9 Å². The zero-order chi connectivity index (χ0) is 18.7. The molecular formula is C19H37N5S. The third-order valence-corrected chi connectivity index (χ3v) is 5.54. The van der Waals surface area contributed by atoms with Crippen molar-refractivity contribution >= 4 is 17.3 Å². The first-order chi connectivity index (χ1) is 12.0. The maximum absolute atomic E-state index is 4.39. The van der Waals surface area contributed by atoms with Crippen LogP contribution in [0.5, 0.6) is 0 Å². The number of nitrogens with zero attached hydrogens (tertiary/aromatic N) is 3. The Kier molecular flexibility index (Phi) is 10.8. The summed E-state index contributed by atoms with van der Waals surface area (Å²) in [7, 11) is 6.09. The summed E-state index contributed by atoms with van der Waals surface area (Å²) < 4.78 is 0. The molecule has 2 N–H and O–H groups in total. The third kappa shape index (κ3) is 8.21. The quantitative estimate of drug-likeness (QED) is 0.466. The zero-order valence-corrected chi connectivity index (χ0v) is 17.7. The predicted octanol–water partition coefficient (Wildman–Crippen LogP) is 3.03. The number of thiophene rings is 1. The maximum Gasteiger partial charge on any atom is 0.191 e. The van der Waals surface area contributed by atoms with E-state index in [-0.39, 0.29) is 0 Å². The minimum Gasteiger partial charge on any atom is -0.354 e. The van der Waals surface area contributed by atoms with Gasteiger partial charge >= 0.3 is 0 Å². The highest BCUT2D eigenvalue weighted by atomic mass is 32.1. The Morgan fingerprint density at radius 2 is 2.00 bits per heavy atom. The largest absolute Gasteiger partial charge is 0.354 e. The number of likely N-dealkylation sites (N-methyl/N-ethyl adjacent to an activating group) is 1. The van der Waals surface area contributed by atoms with Gasteiger partial charge < -0.3 is 20.4 Å². The number of rotatable bonds is 11. The van der Waals surface area contributed by atoms with Crippen LogP contribution in [0.25, 0.3) is 0 Å². The fraction of sp³-hybridized carbons (Fsp3) is 0.737. The summed E-state index contributed by atoms with van der Waals surface area (Å²) in [6.45, 7) is 11.0. The van der Waals surface area contributed by atoms with E-state index in [0.29, 0.717) is 12.1 Å². The van der Waals surface area contributed by atoms with Gasteiger partial charge in [0.25, 0.3) is 0 Å². The van der Waals surface area contributed by atoms with Crippen LogP contribution in [0.15, 0.2) is 22.5 Å². The summed E-state index contributed by atoms with van der Waals surface area (Å²) in [6, 6.07) is 5.09. The Hall–Kier alpha value is -1.11. The normalized spacial score (nSPS) is 14.8. The summed E-state index contributed by atoms with van der Waals surface area (Å²) >= 11 is 1.80. The van der Waals surface area contributed by atoms with E-state index in [4.69, 9.17) is 0 Å². The third-order valence-electron chi connectivity index (χ3n) is 4.57. The SMILES string of the molecule is CCN(CC)CCCC(C)NC(=NC)NCC(c1cccs1)N(C)C. The number of nitrogens with one attached hydrogen (secondary N) is 2. The van der Waals surface area contributed by atoms with Crippen LogP contribution in [0.4, 0.5) is 0 Å². The maximum atomic E-state index is 4.39. The lowest BCUT2D eigenvalue weighted by atomic mass is 10.2. The van der Waals surface area contributed by atoms with Gasteiger partial charge in [0, 0.05) is 24.5 Å². The summed E-state index contributed by atoms with van der Waals surface area (Å²) in [5.41, 5.74) is 0. The molecule has 0 amide bonds. The van der Waals surface area contributed by atoms with E-state index < -0.39 is 0 Å². The monoisotopic (exact) mass is 367 g/mol. The van der Waals surface area contributed by atoms with Crippen LogP contribution < -0.4 is 10.6 Å². The first-order valence-electron chi connectivity index (χ1n) is 9.41. The molecule has 0 aliphatic rings. The minimum atomic E-state index is 0.358. The van der Waals surface area contributed by atoms with Crippen LogP contribution in [0.2, 0.25) is 0 Å². The Bertz CT molecular complexity index is 468. The van der Waals surface area contributed by atoms with Crippen LogP contribution in [0.3, 0.4) is 0 Å². The fourth-order valence-electron chi connectivity index (χ4n) is 2.87. The molecule has 2 unspecified atom stereocenters. The van der Waals surface area contributed by atoms with Gasteiger partial charge in [0.1, 0.15) is 0 Å². The van der Waals surface area contributed by atoms with E-state index in [2.05, 4.69) is 77.8 Å². The second-order valence-electron chi connectivity index (χ2n) is 6.66. The van der Waals surface area contributed by atoms with Gasteiger partial charge in [-0.3, -0.25) is 4.99 Å². The molecule has 0 fully saturated rings. The molecule has 0 aliphatic carbocycles. The molecule has 1 aromatic rings. The first kappa shape index (κ1) is 21.9. The van der Waals surface area contributed by atoms with Crippen LogP contribution in [0, 0.1) is 0 Å². The molecular weight excluding hydrogens is 330 g/mol. The van der Waals surface area contributed by atoms with Crippen LogP contribution in [-0.2, 0) is 0 Å². The average molecular weight is 368 g/mol. The number of hydrogen-bond acceptors (Lipinski definition) is 4. The highest BCUT2D eigenvalue weighted by Crippen LogP contribution is 2.22. The summed E-state index contributed by atoms with van der Waals surface area (Å²) in [5, 5.41) is 9.14. The van der Waals surface area contributed by atoms with Crippen LogP contribution >= 0.6 is 11.3 Å². The second kappa shape index (κ2) is 12.3. The van der Waals surface area contributed by atoms with E-state index in [0.717, 1.165) is 32.0 Å². The van der Waals surface area contributed by atoms with Crippen molar-refractivity contribution in [2.24, 2.45) is 4.99 Å². The molecule has 5 nitrogen and oxygen atoms in total. The van der Waals surface area contributed by atoms with Crippen molar-refractivity contribution in [1.29, 1.82) is 0 Å². The highest BCUT2D eigenvalue weighted by Gasteiger charge is 2.16. The van der Waals surface area contributed by atoms with Crippen molar-refractivity contribution < 1.29 is 0 Å². The van der Waals surface area contributed by atoms with Gasteiger partial charge in [-0.1, -0.05) is 19.9 Å². The van der Waals surface area contributed by atoms with Gasteiger partial charge in [0.2, 0.25) is 0 Å². The van der Waals surface area contributed by atoms with E-state index in [1.54, 1.807) is 11.3 Å². The minimum absolute atomic E-state index is 0.358. The molecule has 2 atom stereocenters. The van der Waals surface area contributed by atoms with Crippen molar-refractivity contribution in [3.05, 3.63) is 22.4 Å². The lowest BCUT2D eigenvalue weighted by Gasteiger charge is -2.26. The van der Waals surface area contributed by atoms with Crippen LogP contribution in [0.1, 0.15) is 44.5 Å². The molecule has 0 bridgehead atoms. The van der Waals surface area contributed by atoms with Crippen molar-refractivity contribution in [2.75, 3.05) is 47.3 Å². The molecule has 0 saturated carbocycles. The second-order valence-corrected chi connectivity index (χ2v) is 7.64. The van der Waals surface area contributed by atoms with E-state index in [9.17, 15) is 0 Å². The lowest BCUT2D eigenvalue weighted by Crippen LogP contribution is -2.45. The summed E-state index contributed by atoms with van der Waals surface area (Å²) in [6.07, 6.45) is 2.36. The van der Waals surface area contributed by atoms with Gasteiger partial charge in [-0.15, -0.1) is 11.3 Å². The van der Waals surface area contributed by atoms with Crippen molar-refractivity contribution in [1.82, 2.24) is 20.4 Å². The highest BCUT2D eigenvalue weighted by molar-refractivity contribution is 7.10. The molecule has 0 spiro atoms. The Morgan fingerprint density at radius 3 is 2.52 bits per heavy atom.